The summed E-state index contributed by atoms with van der Waals surface area (Å²) in [6, 6.07) is 7.37. The Balaban J connectivity index is 1.75. The Morgan fingerprint density at radius 2 is 2.35 bits per heavy atom. The summed E-state index contributed by atoms with van der Waals surface area (Å²) in [5.41, 5.74) is 2.06. The number of rotatable bonds is 2. The Bertz CT molecular complexity index is 584. The van der Waals surface area contributed by atoms with Gasteiger partial charge in [-0.2, -0.15) is 5.26 Å². The maximum absolute atomic E-state index is 12.2. The van der Waals surface area contributed by atoms with Crippen LogP contribution in [0.25, 0.3) is 0 Å². The van der Waals surface area contributed by atoms with Gasteiger partial charge in [0.2, 0.25) is 0 Å². The van der Waals surface area contributed by atoms with Crippen LogP contribution in [0.4, 0.5) is 0 Å². The number of nitriles is 1. The fraction of sp³-hybridized carbons (Fsp3) is 0.429. The maximum Gasteiger partial charge on any atom is 0.491 e. The molecule has 20 heavy (non-hydrogen) atoms. The molecule has 102 valence electrons. The van der Waals surface area contributed by atoms with Crippen molar-refractivity contribution in [2.45, 2.75) is 31.9 Å². The van der Waals surface area contributed by atoms with Crippen LogP contribution < -0.4 is 10.8 Å². The molecule has 6 heteroatoms. The molecule has 1 heterocycles. The summed E-state index contributed by atoms with van der Waals surface area (Å²) in [7, 11) is -0.948. The van der Waals surface area contributed by atoms with Crippen LogP contribution in [0.1, 0.15) is 35.2 Å². The fourth-order valence-electron chi connectivity index (χ4n) is 2.90. The number of nitrogens with one attached hydrogen (secondary N) is 1. The predicted molar refractivity (Wildman–Crippen MR) is 73.0 cm³/mol. The van der Waals surface area contributed by atoms with Crippen molar-refractivity contribution in [2.24, 2.45) is 5.92 Å². The lowest BCUT2D eigenvalue weighted by Crippen LogP contribution is -2.37. The van der Waals surface area contributed by atoms with Crippen LogP contribution in [-0.2, 0) is 11.3 Å². The van der Waals surface area contributed by atoms with E-state index in [4.69, 9.17) is 9.92 Å². The van der Waals surface area contributed by atoms with Crippen LogP contribution in [0.2, 0.25) is 0 Å². The van der Waals surface area contributed by atoms with Crippen molar-refractivity contribution >= 4 is 18.5 Å². The molecule has 1 aromatic rings. The first kappa shape index (κ1) is 13.2. The van der Waals surface area contributed by atoms with E-state index in [1.54, 1.807) is 18.2 Å². The third kappa shape index (κ3) is 2.30. The Kier molecular flexibility index (Phi) is 3.47. The molecule has 2 unspecified atom stereocenters. The minimum absolute atomic E-state index is 0.0677. The van der Waals surface area contributed by atoms with Gasteiger partial charge >= 0.3 is 7.12 Å². The molecule has 0 radical (unpaired) electrons. The zero-order valence-electron chi connectivity index (χ0n) is 11.0. The first-order valence-electron chi connectivity index (χ1n) is 6.82. The first-order valence-corrected chi connectivity index (χ1v) is 6.82. The second-order valence-corrected chi connectivity index (χ2v) is 5.32. The van der Waals surface area contributed by atoms with E-state index < -0.39 is 7.12 Å². The molecule has 0 spiro atoms. The minimum Gasteiger partial charge on any atom is -0.423 e. The number of hydrogen-bond acceptors (Lipinski definition) is 4. The largest absolute Gasteiger partial charge is 0.491 e. The zero-order valence-corrected chi connectivity index (χ0v) is 11.0. The predicted octanol–water partition coefficient (Wildman–Crippen LogP) is 0.326. The number of hydrogen-bond donors (Lipinski definition) is 2. The van der Waals surface area contributed by atoms with Crippen molar-refractivity contribution in [1.29, 1.82) is 5.26 Å². The van der Waals surface area contributed by atoms with E-state index in [0.717, 1.165) is 24.8 Å². The van der Waals surface area contributed by atoms with Crippen LogP contribution in [0.3, 0.4) is 0 Å². The van der Waals surface area contributed by atoms with E-state index in [1.165, 1.54) is 0 Å². The van der Waals surface area contributed by atoms with Crippen molar-refractivity contribution in [1.82, 2.24) is 5.32 Å². The highest BCUT2D eigenvalue weighted by atomic mass is 16.5. The molecule has 0 bridgehead atoms. The maximum atomic E-state index is 12.2. The van der Waals surface area contributed by atoms with Gasteiger partial charge in [-0.1, -0.05) is 6.07 Å². The molecular weight excluding hydrogens is 255 g/mol. The molecule has 0 saturated heterocycles. The van der Waals surface area contributed by atoms with E-state index in [1.807, 2.05) is 0 Å². The fourth-order valence-corrected chi connectivity index (χ4v) is 2.90. The quantitative estimate of drug-likeness (QED) is 0.758. The van der Waals surface area contributed by atoms with Crippen LogP contribution in [-0.4, -0.2) is 24.1 Å². The van der Waals surface area contributed by atoms with Gasteiger partial charge in [0.25, 0.3) is 5.91 Å². The Morgan fingerprint density at radius 1 is 1.50 bits per heavy atom. The molecule has 0 aromatic heterocycles. The monoisotopic (exact) mass is 270 g/mol. The third-order valence-corrected chi connectivity index (χ3v) is 4.07. The minimum atomic E-state index is -0.948. The standard InChI is InChI=1S/C14H15BN2O3/c16-7-10-2-1-3-13(10)17-14(18)9-4-5-11-8-20-15(19)12(11)6-9/h4-6,10,13,19H,1-3,8H2,(H,17,18). The molecule has 2 atom stereocenters. The molecule has 1 aliphatic carbocycles. The van der Waals surface area contributed by atoms with Gasteiger partial charge in [0.15, 0.2) is 0 Å². The van der Waals surface area contributed by atoms with Gasteiger partial charge in [-0.05, 0) is 42.4 Å². The second kappa shape index (κ2) is 5.27. The summed E-state index contributed by atoms with van der Waals surface area (Å²) in [4.78, 5) is 12.2. The number of carbonyl (C=O) groups is 1. The van der Waals surface area contributed by atoms with E-state index in [9.17, 15) is 9.82 Å². The molecule has 1 amide bonds. The summed E-state index contributed by atoms with van der Waals surface area (Å²) in [5.74, 6) is -0.290. The highest BCUT2D eigenvalue weighted by molar-refractivity contribution is 6.61. The number of benzene rings is 1. The lowest BCUT2D eigenvalue weighted by Gasteiger charge is -2.15. The number of carbonyl (C=O) groups excluding carboxylic acids is 1. The van der Waals surface area contributed by atoms with E-state index in [2.05, 4.69) is 11.4 Å². The van der Waals surface area contributed by atoms with Gasteiger partial charge in [-0.25, -0.2) is 0 Å². The molecular formula is C14H15BN2O3. The SMILES string of the molecule is N#CC1CCCC1NC(=O)c1ccc2c(c1)B(O)OC2. The van der Waals surface area contributed by atoms with Crippen molar-refractivity contribution in [3.63, 3.8) is 0 Å². The van der Waals surface area contributed by atoms with Crippen LogP contribution in [0.15, 0.2) is 18.2 Å². The average molecular weight is 270 g/mol. The van der Waals surface area contributed by atoms with E-state index in [-0.39, 0.29) is 17.9 Å². The Hall–Kier alpha value is -1.84. The summed E-state index contributed by atoms with van der Waals surface area (Å²) in [5, 5.41) is 21.6. The highest BCUT2D eigenvalue weighted by Gasteiger charge is 2.30. The molecule has 1 fully saturated rings. The molecule has 5 nitrogen and oxygen atoms in total. The van der Waals surface area contributed by atoms with Gasteiger partial charge < -0.3 is 15.0 Å². The highest BCUT2D eigenvalue weighted by Crippen LogP contribution is 2.25. The van der Waals surface area contributed by atoms with Crippen molar-refractivity contribution in [2.75, 3.05) is 0 Å². The Labute approximate surface area is 117 Å². The lowest BCUT2D eigenvalue weighted by atomic mass is 9.78. The van der Waals surface area contributed by atoms with Gasteiger partial charge in [0, 0.05) is 11.6 Å². The topological polar surface area (TPSA) is 82.4 Å². The molecule has 1 aromatic carbocycles. The molecule has 1 aliphatic heterocycles. The summed E-state index contributed by atoms with van der Waals surface area (Å²) in [6.45, 7) is 0.373. The number of amides is 1. The normalized spacial score (nSPS) is 24.3. The zero-order chi connectivity index (χ0) is 14.1. The van der Waals surface area contributed by atoms with Crippen LogP contribution in [0.5, 0.6) is 0 Å². The van der Waals surface area contributed by atoms with E-state index >= 15 is 0 Å². The smallest absolute Gasteiger partial charge is 0.423 e. The van der Waals surface area contributed by atoms with Crippen molar-refractivity contribution < 1.29 is 14.5 Å². The summed E-state index contributed by atoms with van der Waals surface area (Å²) < 4.78 is 5.11. The number of fused-ring (bicyclic) bond motifs is 1. The Morgan fingerprint density at radius 3 is 3.15 bits per heavy atom. The summed E-state index contributed by atoms with van der Waals surface area (Å²) >= 11 is 0. The second-order valence-electron chi connectivity index (χ2n) is 5.32. The van der Waals surface area contributed by atoms with Gasteiger partial charge in [-0.15, -0.1) is 0 Å². The van der Waals surface area contributed by atoms with Gasteiger partial charge in [0.1, 0.15) is 0 Å². The van der Waals surface area contributed by atoms with Crippen LogP contribution in [0, 0.1) is 17.2 Å². The molecule has 2 N–H and O–H groups in total. The first-order chi connectivity index (χ1) is 9.69. The molecule has 3 rings (SSSR count). The van der Waals surface area contributed by atoms with Gasteiger partial charge in [0.05, 0.1) is 18.6 Å². The molecule has 2 aliphatic rings. The van der Waals surface area contributed by atoms with E-state index in [0.29, 0.717) is 17.6 Å². The summed E-state index contributed by atoms with van der Waals surface area (Å²) in [6.07, 6.45) is 2.67. The third-order valence-electron chi connectivity index (χ3n) is 4.07. The average Bonchev–Trinajstić information content (AvgIpc) is 3.05. The lowest BCUT2D eigenvalue weighted by molar-refractivity contribution is 0.0933. The number of nitrogens with zero attached hydrogens (tertiary/aromatic N) is 1. The molecule has 1 saturated carbocycles. The van der Waals surface area contributed by atoms with Crippen LogP contribution >= 0.6 is 0 Å². The van der Waals surface area contributed by atoms with Gasteiger partial charge in [-0.3, -0.25) is 4.79 Å². The van der Waals surface area contributed by atoms with Crippen molar-refractivity contribution in [3.8, 4) is 6.07 Å². The van der Waals surface area contributed by atoms with Crippen molar-refractivity contribution in [3.05, 3.63) is 29.3 Å².